The highest BCUT2D eigenvalue weighted by Gasteiger charge is 2.24. The van der Waals surface area contributed by atoms with E-state index in [9.17, 15) is 9.59 Å². The van der Waals surface area contributed by atoms with E-state index in [2.05, 4.69) is 25.6 Å². The summed E-state index contributed by atoms with van der Waals surface area (Å²) >= 11 is 1.40. The van der Waals surface area contributed by atoms with Crippen LogP contribution in [0.2, 0.25) is 0 Å². The number of carbonyl (C=O) groups excluding carboxylic acids is 2. The Labute approximate surface area is 161 Å². The van der Waals surface area contributed by atoms with Gasteiger partial charge in [-0.1, -0.05) is 0 Å². The molecule has 0 atom stereocenters. The normalized spacial score (nSPS) is 14.6. The smallest absolute Gasteiger partial charge is 0.409 e. The van der Waals surface area contributed by atoms with Crippen LogP contribution in [-0.4, -0.2) is 57.6 Å². The highest BCUT2D eigenvalue weighted by molar-refractivity contribution is 7.13. The molecule has 2 aromatic heterocycles. The molecule has 1 aliphatic rings. The summed E-state index contributed by atoms with van der Waals surface area (Å²) in [7, 11) is 0. The maximum atomic E-state index is 12.3. The molecule has 2 aromatic rings. The van der Waals surface area contributed by atoms with Crippen molar-refractivity contribution in [3.05, 3.63) is 29.5 Å². The van der Waals surface area contributed by atoms with Gasteiger partial charge in [-0.3, -0.25) is 4.79 Å². The Morgan fingerprint density at radius 3 is 2.74 bits per heavy atom. The van der Waals surface area contributed by atoms with Gasteiger partial charge in [0.1, 0.15) is 0 Å². The van der Waals surface area contributed by atoms with Crippen molar-refractivity contribution in [2.75, 3.05) is 25.0 Å². The van der Waals surface area contributed by atoms with Gasteiger partial charge in [0.2, 0.25) is 11.9 Å². The molecule has 0 spiro atoms. The van der Waals surface area contributed by atoms with Crippen LogP contribution in [0.4, 0.5) is 15.9 Å². The van der Waals surface area contributed by atoms with E-state index in [1.807, 2.05) is 5.38 Å². The molecule has 144 valence electrons. The summed E-state index contributed by atoms with van der Waals surface area (Å²) in [6, 6.07) is 1.80. The van der Waals surface area contributed by atoms with Gasteiger partial charge in [0.15, 0.2) is 5.13 Å². The molecule has 0 aromatic carbocycles. The van der Waals surface area contributed by atoms with Crippen LogP contribution in [0.25, 0.3) is 0 Å². The second-order valence-electron chi connectivity index (χ2n) is 6.05. The summed E-state index contributed by atoms with van der Waals surface area (Å²) < 4.78 is 5.00. The molecule has 0 saturated carbocycles. The third kappa shape index (κ3) is 5.61. The van der Waals surface area contributed by atoms with Crippen LogP contribution in [0.3, 0.4) is 0 Å². The summed E-state index contributed by atoms with van der Waals surface area (Å²) in [6.45, 7) is 3.34. The number of thiazole rings is 1. The van der Waals surface area contributed by atoms with Gasteiger partial charge in [0.05, 0.1) is 18.7 Å². The van der Waals surface area contributed by atoms with Crippen LogP contribution < -0.4 is 10.6 Å². The molecule has 27 heavy (non-hydrogen) atoms. The van der Waals surface area contributed by atoms with Crippen LogP contribution in [0.15, 0.2) is 23.8 Å². The number of nitrogens with zero attached hydrogens (tertiary/aromatic N) is 4. The molecule has 2 N–H and O–H groups in total. The van der Waals surface area contributed by atoms with Crippen molar-refractivity contribution in [2.24, 2.45) is 0 Å². The number of anilines is 2. The molecule has 3 heterocycles. The first kappa shape index (κ1) is 19.0. The Hall–Kier alpha value is -2.75. The number of piperidine rings is 1. The van der Waals surface area contributed by atoms with E-state index in [1.54, 1.807) is 30.3 Å². The minimum atomic E-state index is -0.285. The largest absolute Gasteiger partial charge is 0.450 e. The zero-order valence-corrected chi connectivity index (χ0v) is 15.9. The monoisotopic (exact) mass is 390 g/mol. The number of likely N-dealkylation sites (tertiary alicyclic amines) is 1. The van der Waals surface area contributed by atoms with Crippen molar-refractivity contribution in [3.63, 3.8) is 0 Å². The van der Waals surface area contributed by atoms with Gasteiger partial charge in [-0.2, -0.15) is 0 Å². The number of nitrogens with one attached hydrogen (secondary N) is 2. The molecule has 0 unspecified atom stereocenters. The molecule has 9 nitrogen and oxygen atoms in total. The molecular formula is C17H22N6O3S. The second kappa shape index (κ2) is 9.26. The molecule has 0 aliphatic carbocycles. The highest BCUT2D eigenvalue weighted by atomic mass is 32.1. The third-order valence-electron chi connectivity index (χ3n) is 4.06. The molecule has 0 radical (unpaired) electrons. The number of amides is 2. The van der Waals surface area contributed by atoms with Crippen molar-refractivity contribution >= 4 is 34.4 Å². The number of hydrogen-bond acceptors (Lipinski definition) is 8. The van der Waals surface area contributed by atoms with Gasteiger partial charge in [0, 0.05) is 36.9 Å². The van der Waals surface area contributed by atoms with E-state index in [0.29, 0.717) is 36.5 Å². The SMILES string of the molecule is CCOC(=O)N1CCC(NC(=O)Cc2csc(Nc3ncccn3)n2)CC1. The van der Waals surface area contributed by atoms with E-state index in [4.69, 9.17) is 4.74 Å². The summed E-state index contributed by atoms with van der Waals surface area (Å²) in [5, 5.41) is 8.52. The van der Waals surface area contributed by atoms with Gasteiger partial charge >= 0.3 is 6.09 Å². The Bertz CT molecular complexity index is 761. The van der Waals surface area contributed by atoms with Gasteiger partial charge < -0.3 is 20.3 Å². The van der Waals surface area contributed by atoms with Crippen molar-refractivity contribution in [1.82, 2.24) is 25.2 Å². The summed E-state index contributed by atoms with van der Waals surface area (Å²) in [6.07, 6.45) is 4.66. The van der Waals surface area contributed by atoms with Crippen molar-refractivity contribution < 1.29 is 14.3 Å². The first-order valence-electron chi connectivity index (χ1n) is 8.83. The molecule has 2 amide bonds. The van der Waals surface area contributed by atoms with Gasteiger partial charge in [-0.05, 0) is 25.8 Å². The van der Waals surface area contributed by atoms with Gasteiger partial charge in [-0.15, -0.1) is 11.3 Å². The first-order valence-corrected chi connectivity index (χ1v) is 9.71. The molecule has 1 saturated heterocycles. The zero-order valence-electron chi connectivity index (χ0n) is 15.1. The number of ether oxygens (including phenoxy) is 1. The minimum absolute atomic E-state index is 0.0668. The summed E-state index contributed by atoms with van der Waals surface area (Å²) in [5.74, 6) is 0.397. The van der Waals surface area contributed by atoms with E-state index in [-0.39, 0.29) is 24.5 Å². The third-order valence-corrected chi connectivity index (χ3v) is 4.87. The van der Waals surface area contributed by atoms with E-state index < -0.39 is 0 Å². The maximum Gasteiger partial charge on any atom is 0.409 e. The molecule has 0 bridgehead atoms. The Morgan fingerprint density at radius 2 is 2.04 bits per heavy atom. The van der Waals surface area contributed by atoms with E-state index >= 15 is 0 Å². The van der Waals surface area contributed by atoms with Crippen LogP contribution in [0.1, 0.15) is 25.5 Å². The van der Waals surface area contributed by atoms with E-state index in [0.717, 1.165) is 12.8 Å². The zero-order chi connectivity index (χ0) is 19.1. The second-order valence-corrected chi connectivity index (χ2v) is 6.90. The molecule has 3 rings (SSSR count). The van der Waals surface area contributed by atoms with Gasteiger partial charge in [-0.25, -0.2) is 19.7 Å². The highest BCUT2D eigenvalue weighted by Crippen LogP contribution is 2.19. The number of rotatable bonds is 6. The van der Waals surface area contributed by atoms with Crippen LogP contribution in [-0.2, 0) is 16.0 Å². The molecule has 1 fully saturated rings. The average molecular weight is 390 g/mol. The number of carbonyl (C=O) groups is 2. The maximum absolute atomic E-state index is 12.3. The van der Waals surface area contributed by atoms with Crippen molar-refractivity contribution in [2.45, 2.75) is 32.2 Å². The van der Waals surface area contributed by atoms with E-state index in [1.165, 1.54) is 11.3 Å². The summed E-state index contributed by atoms with van der Waals surface area (Å²) in [5.41, 5.74) is 0.694. The fraction of sp³-hybridized carbons (Fsp3) is 0.471. The first-order chi connectivity index (χ1) is 13.1. The predicted octanol–water partition coefficient (Wildman–Crippen LogP) is 1.96. The lowest BCUT2D eigenvalue weighted by molar-refractivity contribution is -0.121. The minimum Gasteiger partial charge on any atom is -0.450 e. The Morgan fingerprint density at radius 1 is 1.30 bits per heavy atom. The molecule has 1 aliphatic heterocycles. The van der Waals surface area contributed by atoms with Gasteiger partial charge in [0.25, 0.3) is 0 Å². The molecule has 10 heteroatoms. The Balaban J connectivity index is 1.43. The lowest BCUT2D eigenvalue weighted by atomic mass is 10.1. The van der Waals surface area contributed by atoms with Crippen LogP contribution in [0.5, 0.6) is 0 Å². The lowest BCUT2D eigenvalue weighted by Gasteiger charge is -2.31. The number of hydrogen-bond donors (Lipinski definition) is 2. The fourth-order valence-electron chi connectivity index (χ4n) is 2.77. The fourth-order valence-corrected chi connectivity index (χ4v) is 3.47. The lowest BCUT2D eigenvalue weighted by Crippen LogP contribution is -2.47. The average Bonchev–Trinajstić information content (AvgIpc) is 3.10. The van der Waals surface area contributed by atoms with Crippen molar-refractivity contribution in [3.8, 4) is 0 Å². The molecular weight excluding hydrogens is 368 g/mol. The standard InChI is InChI=1S/C17H22N6O3S/c1-2-26-17(25)23-8-4-12(5-9-23)20-14(24)10-13-11-27-16(21-13)22-15-18-6-3-7-19-15/h3,6-7,11-12H,2,4-5,8-10H2,1H3,(H,20,24)(H,18,19,21,22). The predicted molar refractivity (Wildman–Crippen MR) is 101 cm³/mol. The van der Waals surface area contributed by atoms with Crippen LogP contribution >= 0.6 is 11.3 Å². The summed E-state index contributed by atoms with van der Waals surface area (Å²) in [4.78, 5) is 38.2. The Kier molecular flexibility index (Phi) is 6.53. The number of aromatic nitrogens is 3. The topological polar surface area (TPSA) is 109 Å². The van der Waals surface area contributed by atoms with Crippen LogP contribution in [0, 0.1) is 0 Å². The quantitative estimate of drug-likeness (QED) is 0.776. The van der Waals surface area contributed by atoms with Crippen molar-refractivity contribution in [1.29, 1.82) is 0 Å².